The number of aromatic nitrogens is 4. The molecule has 0 radical (unpaired) electrons. The highest BCUT2D eigenvalue weighted by atomic mass is 15.3. The summed E-state index contributed by atoms with van der Waals surface area (Å²) in [6.45, 7) is 2.09. The Kier molecular flexibility index (Phi) is 4.25. The topological polar surface area (TPSA) is 55.6 Å². The van der Waals surface area contributed by atoms with Gasteiger partial charge in [-0.2, -0.15) is 5.10 Å². The average molecular weight is 325 g/mol. The van der Waals surface area contributed by atoms with Gasteiger partial charge in [-0.1, -0.05) is 19.3 Å². The van der Waals surface area contributed by atoms with Crippen LogP contribution in [0.1, 0.15) is 56.2 Å². The Labute approximate surface area is 143 Å². The van der Waals surface area contributed by atoms with Crippen molar-refractivity contribution >= 4 is 5.95 Å². The number of aryl methyl sites for hydroxylation is 2. The second kappa shape index (κ2) is 6.54. The minimum absolute atomic E-state index is 0.522. The van der Waals surface area contributed by atoms with E-state index < -0.39 is 0 Å². The molecule has 0 unspecified atom stereocenters. The fourth-order valence-corrected chi connectivity index (χ4v) is 3.71. The van der Waals surface area contributed by atoms with E-state index in [2.05, 4.69) is 22.3 Å². The molecular formula is C19H27N5. The lowest BCUT2D eigenvalue weighted by molar-refractivity contribution is 0.461. The fraction of sp³-hybridized carbons (Fsp3) is 0.632. The van der Waals surface area contributed by atoms with Gasteiger partial charge in [-0.25, -0.2) is 9.97 Å². The van der Waals surface area contributed by atoms with Crippen LogP contribution < -0.4 is 5.32 Å². The molecule has 0 aromatic carbocycles. The summed E-state index contributed by atoms with van der Waals surface area (Å²) < 4.78 is 2.02. The van der Waals surface area contributed by atoms with E-state index in [-0.39, 0.29) is 0 Å². The highest BCUT2D eigenvalue weighted by Crippen LogP contribution is 2.36. The first-order valence-corrected chi connectivity index (χ1v) is 9.32. The Balaban J connectivity index is 1.61. The Morgan fingerprint density at radius 1 is 1.12 bits per heavy atom. The average Bonchev–Trinajstić information content (AvgIpc) is 3.34. The van der Waals surface area contributed by atoms with Crippen LogP contribution in [0.25, 0.3) is 11.3 Å². The van der Waals surface area contributed by atoms with Crippen LogP contribution >= 0.6 is 0 Å². The lowest BCUT2D eigenvalue weighted by Crippen LogP contribution is -2.23. The molecule has 0 bridgehead atoms. The molecule has 5 heteroatoms. The third-order valence-corrected chi connectivity index (χ3v) is 5.41. The molecule has 0 spiro atoms. The largest absolute Gasteiger partial charge is 0.351 e. The molecule has 1 N–H and O–H groups in total. The minimum Gasteiger partial charge on any atom is -0.351 e. The number of hydrogen-bond acceptors (Lipinski definition) is 4. The Morgan fingerprint density at radius 2 is 1.92 bits per heavy atom. The van der Waals surface area contributed by atoms with Crippen LogP contribution in [0.4, 0.5) is 5.95 Å². The predicted octanol–water partition coefficient (Wildman–Crippen LogP) is 3.88. The fourth-order valence-electron chi connectivity index (χ4n) is 3.71. The van der Waals surface area contributed by atoms with Gasteiger partial charge in [0.05, 0.1) is 11.9 Å². The number of hydrogen-bond donors (Lipinski definition) is 1. The maximum atomic E-state index is 4.86. The van der Waals surface area contributed by atoms with Crippen LogP contribution in [0, 0.1) is 12.8 Å². The zero-order chi connectivity index (χ0) is 16.5. The summed E-state index contributed by atoms with van der Waals surface area (Å²) in [6.07, 6.45) is 14.2. The molecule has 2 aliphatic carbocycles. The van der Waals surface area contributed by atoms with Crippen LogP contribution in [0.2, 0.25) is 0 Å². The summed E-state index contributed by atoms with van der Waals surface area (Å²) in [5.41, 5.74) is 4.64. The maximum Gasteiger partial charge on any atom is 0.223 e. The van der Waals surface area contributed by atoms with Crippen molar-refractivity contribution in [1.29, 1.82) is 0 Å². The van der Waals surface area contributed by atoms with Gasteiger partial charge in [-0.15, -0.1) is 0 Å². The van der Waals surface area contributed by atoms with Crippen LogP contribution in [0.15, 0.2) is 12.4 Å². The number of nitrogens with zero attached hydrogens (tertiary/aromatic N) is 4. The van der Waals surface area contributed by atoms with Gasteiger partial charge in [0.2, 0.25) is 5.95 Å². The van der Waals surface area contributed by atoms with E-state index in [0.29, 0.717) is 6.04 Å². The van der Waals surface area contributed by atoms with Crippen LogP contribution in [0.3, 0.4) is 0 Å². The molecule has 5 nitrogen and oxygen atoms in total. The molecule has 2 aromatic heterocycles. The maximum absolute atomic E-state index is 4.86. The van der Waals surface area contributed by atoms with Crippen LogP contribution in [0.5, 0.6) is 0 Å². The molecule has 0 atom stereocenters. The van der Waals surface area contributed by atoms with Crippen molar-refractivity contribution in [3.8, 4) is 11.3 Å². The second-order valence-corrected chi connectivity index (χ2v) is 7.48. The third-order valence-electron chi connectivity index (χ3n) is 5.41. The lowest BCUT2D eigenvalue weighted by atomic mass is 9.96. The molecule has 24 heavy (non-hydrogen) atoms. The SMILES string of the molecule is Cc1cnc(NC2CCCCC2)nc1-c1cnn(C)c1CC1CC1. The molecular weight excluding hydrogens is 298 g/mol. The van der Waals surface area contributed by atoms with E-state index >= 15 is 0 Å². The quantitative estimate of drug-likeness (QED) is 0.906. The summed E-state index contributed by atoms with van der Waals surface area (Å²) in [6, 6.07) is 0.522. The van der Waals surface area contributed by atoms with E-state index in [4.69, 9.17) is 4.98 Å². The van der Waals surface area contributed by atoms with Gasteiger partial charge < -0.3 is 5.32 Å². The van der Waals surface area contributed by atoms with Crippen molar-refractivity contribution in [1.82, 2.24) is 19.7 Å². The van der Waals surface area contributed by atoms with Gasteiger partial charge in [0.1, 0.15) is 0 Å². The van der Waals surface area contributed by atoms with E-state index in [1.807, 2.05) is 24.1 Å². The Bertz CT molecular complexity index is 711. The van der Waals surface area contributed by atoms with E-state index in [1.165, 1.54) is 56.2 Å². The van der Waals surface area contributed by atoms with Crippen molar-refractivity contribution in [3.63, 3.8) is 0 Å². The lowest BCUT2D eigenvalue weighted by Gasteiger charge is -2.23. The van der Waals surface area contributed by atoms with Gasteiger partial charge >= 0.3 is 0 Å². The standard InChI is InChI=1S/C19H27N5/c1-13-11-20-19(22-15-6-4-3-5-7-15)23-18(13)16-12-21-24(2)17(16)10-14-8-9-14/h11-12,14-15H,3-10H2,1-2H3,(H,20,22,23). The van der Waals surface area contributed by atoms with Gasteiger partial charge in [-0.3, -0.25) is 4.68 Å². The van der Waals surface area contributed by atoms with E-state index in [0.717, 1.165) is 29.5 Å². The molecule has 2 saturated carbocycles. The minimum atomic E-state index is 0.522. The molecule has 128 valence electrons. The Morgan fingerprint density at radius 3 is 2.67 bits per heavy atom. The first kappa shape index (κ1) is 15.6. The van der Waals surface area contributed by atoms with Crippen molar-refractivity contribution in [2.45, 2.75) is 64.3 Å². The zero-order valence-electron chi connectivity index (χ0n) is 14.8. The second-order valence-electron chi connectivity index (χ2n) is 7.48. The van der Waals surface area contributed by atoms with Crippen LogP contribution in [-0.2, 0) is 13.5 Å². The van der Waals surface area contributed by atoms with E-state index in [9.17, 15) is 0 Å². The molecule has 2 fully saturated rings. The summed E-state index contributed by atoms with van der Waals surface area (Å²) in [5, 5.41) is 8.04. The van der Waals surface area contributed by atoms with Crippen LogP contribution in [-0.4, -0.2) is 25.8 Å². The molecule has 2 aliphatic rings. The van der Waals surface area contributed by atoms with Crippen molar-refractivity contribution in [3.05, 3.63) is 23.7 Å². The van der Waals surface area contributed by atoms with Gasteiger partial charge in [0, 0.05) is 30.5 Å². The first-order valence-electron chi connectivity index (χ1n) is 9.32. The van der Waals surface area contributed by atoms with Gasteiger partial charge in [0.15, 0.2) is 0 Å². The molecule has 0 saturated heterocycles. The van der Waals surface area contributed by atoms with Crippen molar-refractivity contribution < 1.29 is 0 Å². The highest BCUT2D eigenvalue weighted by Gasteiger charge is 2.26. The summed E-state index contributed by atoms with van der Waals surface area (Å²) in [7, 11) is 2.04. The third kappa shape index (κ3) is 3.30. The molecule has 2 aromatic rings. The first-order chi connectivity index (χ1) is 11.7. The van der Waals surface area contributed by atoms with Gasteiger partial charge in [-0.05, 0) is 50.5 Å². The number of nitrogens with one attached hydrogen (secondary N) is 1. The number of rotatable bonds is 5. The van der Waals surface area contributed by atoms with Crippen molar-refractivity contribution in [2.75, 3.05) is 5.32 Å². The number of anilines is 1. The molecule has 0 amide bonds. The predicted molar refractivity (Wildman–Crippen MR) is 95.9 cm³/mol. The summed E-state index contributed by atoms with van der Waals surface area (Å²) in [4.78, 5) is 9.38. The zero-order valence-corrected chi connectivity index (χ0v) is 14.8. The summed E-state index contributed by atoms with van der Waals surface area (Å²) in [5.74, 6) is 1.60. The van der Waals surface area contributed by atoms with Gasteiger partial charge in [0.25, 0.3) is 0 Å². The van der Waals surface area contributed by atoms with Crippen molar-refractivity contribution in [2.24, 2.45) is 13.0 Å². The van der Waals surface area contributed by atoms with E-state index in [1.54, 1.807) is 0 Å². The molecule has 2 heterocycles. The monoisotopic (exact) mass is 325 g/mol. The normalized spacial score (nSPS) is 18.8. The Hall–Kier alpha value is -1.91. The molecule has 0 aliphatic heterocycles. The smallest absolute Gasteiger partial charge is 0.223 e. The summed E-state index contributed by atoms with van der Waals surface area (Å²) >= 11 is 0. The molecule has 4 rings (SSSR count). The highest BCUT2D eigenvalue weighted by molar-refractivity contribution is 5.65.